The van der Waals surface area contributed by atoms with E-state index in [0.29, 0.717) is 0 Å². The molecule has 0 spiro atoms. The molecule has 2 nitrogen and oxygen atoms in total. The number of likely N-dealkylation sites (N-methyl/N-ethyl adjacent to an activating group) is 1. The van der Waals surface area contributed by atoms with Gasteiger partial charge in [0.25, 0.3) is 0 Å². The van der Waals surface area contributed by atoms with Gasteiger partial charge in [0.05, 0.1) is 0 Å². The normalized spacial score (nSPS) is 15.4. The molecule has 6 aromatic rings. The molecule has 0 N–H and O–H groups in total. The highest BCUT2D eigenvalue weighted by molar-refractivity contribution is 5.95. The molecular weight excluding hydrogens is 629 g/mol. The van der Waals surface area contributed by atoms with Crippen molar-refractivity contribution < 1.29 is 0 Å². The van der Waals surface area contributed by atoms with E-state index in [4.69, 9.17) is 0 Å². The first-order chi connectivity index (χ1) is 25.7. The molecule has 0 saturated carbocycles. The average molecular weight is 673 g/mol. The lowest BCUT2D eigenvalue weighted by atomic mass is 9.83. The van der Waals surface area contributed by atoms with Crippen LogP contribution in [0.25, 0.3) is 38.6 Å². The maximum atomic E-state index is 2.53. The highest BCUT2D eigenvalue weighted by Crippen LogP contribution is 2.44. The molecule has 1 heterocycles. The summed E-state index contributed by atoms with van der Waals surface area (Å²) in [5.41, 5.74) is 17.3. The van der Waals surface area contributed by atoms with Gasteiger partial charge in [-0.1, -0.05) is 121 Å². The van der Waals surface area contributed by atoms with Crippen molar-refractivity contribution >= 4 is 44.6 Å². The number of allylic oxidation sites excluding steroid dienone is 7. The van der Waals surface area contributed by atoms with Gasteiger partial charge in [0.1, 0.15) is 0 Å². The Labute approximate surface area is 308 Å². The monoisotopic (exact) mass is 672 g/mol. The van der Waals surface area contributed by atoms with Gasteiger partial charge in [-0.15, -0.1) is 0 Å². The van der Waals surface area contributed by atoms with Crippen LogP contribution in [-0.2, 0) is 6.54 Å². The number of nitrogens with zero attached hydrogens (tertiary/aromatic N) is 2. The summed E-state index contributed by atoms with van der Waals surface area (Å²) in [6.07, 6.45) is 14.9. The lowest BCUT2D eigenvalue weighted by Gasteiger charge is -2.36. The number of anilines is 3. The average Bonchev–Trinajstić information content (AvgIpc) is 3.47. The van der Waals surface area contributed by atoms with E-state index in [1.807, 2.05) is 0 Å². The van der Waals surface area contributed by atoms with E-state index in [1.165, 1.54) is 66.6 Å². The van der Waals surface area contributed by atoms with E-state index in [2.05, 4.69) is 181 Å². The number of hydrogen-bond acceptors (Lipinski definition) is 2. The molecule has 52 heavy (non-hydrogen) atoms. The fourth-order valence-corrected chi connectivity index (χ4v) is 8.57. The second kappa shape index (κ2) is 14.0. The van der Waals surface area contributed by atoms with Crippen molar-refractivity contribution in [2.24, 2.45) is 0 Å². The number of hydrogen-bond donors (Lipinski definition) is 0. The Kier molecular flexibility index (Phi) is 8.66. The van der Waals surface area contributed by atoms with E-state index in [-0.39, 0.29) is 0 Å². The van der Waals surface area contributed by atoms with Crippen LogP contribution in [0.15, 0.2) is 170 Å². The molecule has 0 radical (unpaired) electrons. The lowest BCUT2D eigenvalue weighted by Crippen LogP contribution is -2.27. The minimum Gasteiger partial charge on any atom is -0.367 e. The predicted octanol–water partition coefficient (Wildman–Crippen LogP) is 13.5. The molecule has 2 heteroatoms. The summed E-state index contributed by atoms with van der Waals surface area (Å²) >= 11 is 0. The van der Waals surface area contributed by atoms with E-state index < -0.39 is 0 Å². The third-order valence-electron chi connectivity index (χ3n) is 11.1. The summed E-state index contributed by atoms with van der Waals surface area (Å²) in [5, 5.41) is 2.64. The zero-order chi connectivity index (χ0) is 34.9. The number of fused-ring (bicyclic) bond motifs is 3. The Bertz CT molecular complexity index is 2380. The van der Waals surface area contributed by atoms with Gasteiger partial charge in [0.15, 0.2) is 0 Å². The number of rotatable bonds is 7. The van der Waals surface area contributed by atoms with Gasteiger partial charge in [0, 0.05) is 35.8 Å². The van der Waals surface area contributed by atoms with Crippen molar-refractivity contribution in [3.05, 3.63) is 192 Å². The molecule has 0 unspecified atom stereocenters. The second-order valence-corrected chi connectivity index (χ2v) is 14.2. The molecule has 0 atom stereocenters. The van der Waals surface area contributed by atoms with Gasteiger partial charge in [-0.2, -0.15) is 0 Å². The molecule has 0 amide bonds. The summed E-state index contributed by atoms with van der Waals surface area (Å²) < 4.78 is 0. The van der Waals surface area contributed by atoms with Crippen molar-refractivity contribution in [3.8, 4) is 11.1 Å². The molecule has 254 valence electrons. The molecule has 0 aromatic heterocycles. The molecule has 3 aliphatic rings. The van der Waals surface area contributed by atoms with Crippen molar-refractivity contribution in [2.45, 2.75) is 45.6 Å². The maximum Gasteiger partial charge on any atom is 0.0467 e. The largest absolute Gasteiger partial charge is 0.367 e. The third-order valence-corrected chi connectivity index (χ3v) is 11.1. The fraction of sp³-hybridized carbons (Fsp3) is 0.160. The maximum absolute atomic E-state index is 2.53. The summed E-state index contributed by atoms with van der Waals surface area (Å²) in [7, 11) is 0. The molecule has 1 aliphatic heterocycles. The molecule has 0 saturated heterocycles. The van der Waals surface area contributed by atoms with Crippen LogP contribution >= 0.6 is 0 Å². The Morgan fingerprint density at radius 2 is 1.31 bits per heavy atom. The SMILES string of the molecule is CCN1Cc2cccc(-c3cccc(N(c4ccccc4)c4ccc(C5=CC=C(c6cccc7ccccc67)CCC5)cc4)c3)c2C2=C1C=CCC2. The van der Waals surface area contributed by atoms with Gasteiger partial charge in [-0.3, -0.25) is 0 Å². The van der Waals surface area contributed by atoms with Crippen molar-refractivity contribution in [1.29, 1.82) is 0 Å². The van der Waals surface area contributed by atoms with Crippen molar-refractivity contribution in [2.75, 3.05) is 11.4 Å². The minimum atomic E-state index is 0.960. The van der Waals surface area contributed by atoms with E-state index in [1.54, 1.807) is 0 Å². The fourth-order valence-electron chi connectivity index (χ4n) is 8.57. The van der Waals surface area contributed by atoms with Crippen LogP contribution in [0.1, 0.15) is 61.3 Å². The highest BCUT2D eigenvalue weighted by atomic mass is 15.1. The Hall–Kier alpha value is -5.86. The van der Waals surface area contributed by atoms with Gasteiger partial charge in [-0.05, 0) is 142 Å². The van der Waals surface area contributed by atoms with E-state index in [9.17, 15) is 0 Å². The number of benzene rings is 6. The minimum absolute atomic E-state index is 0.960. The summed E-state index contributed by atoms with van der Waals surface area (Å²) in [6.45, 7) is 4.25. The summed E-state index contributed by atoms with van der Waals surface area (Å²) in [6, 6.07) is 51.5. The van der Waals surface area contributed by atoms with E-state index >= 15 is 0 Å². The van der Waals surface area contributed by atoms with Gasteiger partial charge >= 0.3 is 0 Å². The quantitative estimate of drug-likeness (QED) is 0.167. The summed E-state index contributed by atoms with van der Waals surface area (Å²) in [4.78, 5) is 4.93. The zero-order valence-electron chi connectivity index (χ0n) is 29.9. The van der Waals surface area contributed by atoms with Crippen LogP contribution in [0.5, 0.6) is 0 Å². The Morgan fingerprint density at radius 1 is 0.596 bits per heavy atom. The lowest BCUT2D eigenvalue weighted by molar-refractivity contribution is 0.360. The first-order valence-electron chi connectivity index (χ1n) is 19.0. The zero-order valence-corrected chi connectivity index (χ0v) is 29.9. The molecule has 6 aromatic carbocycles. The highest BCUT2D eigenvalue weighted by Gasteiger charge is 2.26. The van der Waals surface area contributed by atoms with Crippen LogP contribution in [0.3, 0.4) is 0 Å². The molecular formula is C50H44N2. The predicted molar refractivity (Wildman–Crippen MR) is 222 cm³/mol. The van der Waals surface area contributed by atoms with Crippen molar-refractivity contribution in [1.82, 2.24) is 4.90 Å². The Balaban J connectivity index is 1.07. The van der Waals surface area contributed by atoms with Crippen LogP contribution < -0.4 is 4.90 Å². The molecule has 0 fully saturated rings. The molecule has 0 bridgehead atoms. The Morgan fingerprint density at radius 3 is 2.19 bits per heavy atom. The molecule has 2 aliphatic carbocycles. The van der Waals surface area contributed by atoms with Gasteiger partial charge < -0.3 is 9.80 Å². The standard InChI is InChI=1S/C50H44N2/c1-2-51-35-41-19-13-26-47(50(41)48-24-8-9-27-49(48)51)40-18-11-22-44(34-40)52(42-20-4-3-5-21-42)43-32-30-37(31-33-43)36-15-10-16-39(29-28-36)46-25-12-17-38-14-6-7-23-45(38)46/h3-7,9,11-14,17-23,25-34H,2,8,10,15-16,24,35H2,1H3. The first-order valence-corrected chi connectivity index (χ1v) is 19.0. The smallest absolute Gasteiger partial charge is 0.0467 e. The number of para-hydroxylation sites is 1. The van der Waals surface area contributed by atoms with Gasteiger partial charge in [-0.25, -0.2) is 0 Å². The van der Waals surface area contributed by atoms with Crippen LogP contribution in [0, 0.1) is 0 Å². The third kappa shape index (κ3) is 5.99. The van der Waals surface area contributed by atoms with Crippen LogP contribution in [0.2, 0.25) is 0 Å². The second-order valence-electron chi connectivity index (χ2n) is 14.2. The summed E-state index contributed by atoms with van der Waals surface area (Å²) in [5.74, 6) is 0. The topological polar surface area (TPSA) is 6.48 Å². The van der Waals surface area contributed by atoms with Crippen LogP contribution in [0.4, 0.5) is 17.1 Å². The van der Waals surface area contributed by atoms with Crippen molar-refractivity contribution in [3.63, 3.8) is 0 Å². The van der Waals surface area contributed by atoms with Crippen LogP contribution in [-0.4, -0.2) is 11.4 Å². The van der Waals surface area contributed by atoms with E-state index in [0.717, 1.165) is 62.3 Å². The van der Waals surface area contributed by atoms with Gasteiger partial charge in [0.2, 0.25) is 0 Å². The first kappa shape index (κ1) is 32.1. The molecule has 9 rings (SSSR count).